The van der Waals surface area contributed by atoms with E-state index in [1.54, 1.807) is 30.3 Å². The highest BCUT2D eigenvalue weighted by atomic mass is 35.5. The van der Waals surface area contributed by atoms with Crippen molar-refractivity contribution in [3.05, 3.63) is 63.8 Å². The van der Waals surface area contributed by atoms with Crippen LogP contribution in [0.4, 0.5) is 11.4 Å². The number of carbonyl (C=O) groups is 1. The number of carboxylic acid groups (broad SMARTS) is 1. The average Bonchev–Trinajstić information content (AvgIpc) is 2.68. The maximum absolute atomic E-state index is 10.7. The first-order valence-corrected chi connectivity index (χ1v) is 8.72. The Balaban J connectivity index is 2.12. The Hall–Kier alpha value is -3.27. The molecule has 2 aromatic carbocycles. The van der Waals surface area contributed by atoms with Gasteiger partial charge in [-0.25, -0.2) is 4.79 Å². The van der Waals surface area contributed by atoms with Gasteiger partial charge in [0, 0.05) is 23.7 Å². The number of aromatic nitrogens is 1. The summed E-state index contributed by atoms with van der Waals surface area (Å²) < 4.78 is 5.22. The molecule has 0 amide bonds. The van der Waals surface area contributed by atoms with Crippen molar-refractivity contribution in [1.29, 1.82) is 5.26 Å². The third kappa shape index (κ3) is 4.01. The van der Waals surface area contributed by atoms with Crippen LogP contribution >= 0.6 is 23.2 Å². The molecule has 0 fully saturated rings. The lowest BCUT2D eigenvalue weighted by atomic mass is 10.1. The number of nitrogens with zero attached hydrogens (tertiary/aromatic N) is 2. The van der Waals surface area contributed by atoms with E-state index in [1.165, 1.54) is 19.4 Å². The van der Waals surface area contributed by atoms with E-state index >= 15 is 0 Å². The number of nitriles is 1. The van der Waals surface area contributed by atoms with Crippen LogP contribution in [0.5, 0.6) is 5.75 Å². The molecular weight excluding hydrogens is 401 g/mol. The molecule has 0 saturated carbocycles. The molecule has 0 spiro atoms. The molecule has 0 aliphatic rings. The number of ether oxygens (including phenoxy) is 1. The Labute approximate surface area is 170 Å². The van der Waals surface area contributed by atoms with Crippen LogP contribution in [0.25, 0.3) is 17.0 Å². The first-order valence-electron chi connectivity index (χ1n) is 7.97. The number of anilines is 2. The molecule has 0 bridgehead atoms. The number of hydrogen-bond acceptors (Lipinski definition) is 5. The van der Waals surface area contributed by atoms with Gasteiger partial charge in [-0.2, -0.15) is 5.26 Å². The molecule has 0 radical (unpaired) electrons. The van der Waals surface area contributed by atoms with Crippen molar-refractivity contribution < 1.29 is 14.6 Å². The molecule has 3 rings (SSSR count). The molecule has 0 atom stereocenters. The lowest BCUT2D eigenvalue weighted by molar-refractivity contribution is -0.131. The van der Waals surface area contributed by atoms with Gasteiger partial charge in [0.2, 0.25) is 0 Å². The summed E-state index contributed by atoms with van der Waals surface area (Å²) in [7, 11) is 1.49. The highest BCUT2D eigenvalue weighted by Crippen LogP contribution is 2.37. The topological polar surface area (TPSA) is 95.2 Å². The molecule has 6 nitrogen and oxygen atoms in total. The Morgan fingerprint density at radius 3 is 2.75 bits per heavy atom. The van der Waals surface area contributed by atoms with Crippen molar-refractivity contribution in [2.45, 2.75) is 0 Å². The van der Waals surface area contributed by atoms with E-state index in [-0.39, 0.29) is 0 Å². The van der Waals surface area contributed by atoms with Gasteiger partial charge in [-0.05, 0) is 23.8 Å². The van der Waals surface area contributed by atoms with Crippen LogP contribution in [-0.4, -0.2) is 23.2 Å². The number of nitrogens with one attached hydrogen (secondary N) is 1. The standard InChI is InChI=1S/C20H13Cl2N3O3/c1-28-18-8-17(14(21)7-15(18)22)25-20-12(9-23)10-24-16-6-11(2-4-13(16)20)3-5-19(26)27/h2-8,10H,1H3,(H,24,25)(H,26,27). The van der Waals surface area contributed by atoms with E-state index in [4.69, 9.17) is 33.0 Å². The highest BCUT2D eigenvalue weighted by Gasteiger charge is 2.13. The Kier molecular flexibility index (Phi) is 5.69. The number of methoxy groups -OCH3 is 1. The number of aliphatic carboxylic acids is 1. The number of pyridine rings is 1. The van der Waals surface area contributed by atoms with Gasteiger partial charge in [0.15, 0.2) is 0 Å². The van der Waals surface area contributed by atoms with Gasteiger partial charge < -0.3 is 15.2 Å². The summed E-state index contributed by atoms with van der Waals surface area (Å²) in [5.41, 5.74) is 2.62. The Bertz CT molecular complexity index is 1150. The van der Waals surface area contributed by atoms with Gasteiger partial charge in [0.1, 0.15) is 11.8 Å². The SMILES string of the molecule is COc1cc(Nc2c(C#N)cnc3cc(C=CC(=O)O)ccc23)c(Cl)cc1Cl. The lowest BCUT2D eigenvalue weighted by Gasteiger charge is -2.14. The van der Waals surface area contributed by atoms with E-state index in [1.807, 2.05) is 0 Å². The molecular formula is C20H13Cl2N3O3. The third-order valence-electron chi connectivity index (χ3n) is 3.93. The fourth-order valence-corrected chi connectivity index (χ4v) is 3.12. The first-order chi connectivity index (χ1) is 13.4. The van der Waals surface area contributed by atoms with E-state index in [0.29, 0.717) is 49.2 Å². The largest absolute Gasteiger partial charge is 0.495 e. The van der Waals surface area contributed by atoms with Crippen molar-refractivity contribution in [2.75, 3.05) is 12.4 Å². The monoisotopic (exact) mass is 413 g/mol. The lowest BCUT2D eigenvalue weighted by Crippen LogP contribution is -1.98. The quantitative estimate of drug-likeness (QED) is 0.553. The minimum absolute atomic E-state index is 0.325. The summed E-state index contributed by atoms with van der Waals surface area (Å²) in [6.45, 7) is 0. The van der Waals surface area contributed by atoms with Gasteiger partial charge in [-0.15, -0.1) is 0 Å². The predicted octanol–water partition coefficient (Wildman–Crippen LogP) is 5.26. The molecule has 0 saturated heterocycles. The third-order valence-corrected chi connectivity index (χ3v) is 4.54. The van der Waals surface area contributed by atoms with Crippen molar-refractivity contribution in [2.24, 2.45) is 0 Å². The minimum Gasteiger partial charge on any atom is -0.495 e. The number of fused-ring (bicyclic) bond motifs is 1. The van der Waals surface area contributed by atoms with Gasteiger partial charge in [0.05, 0.1) is 39.6 Å². The second-order valence-electron chi connectivity index (χ2n) is 5.70. The second kappa shape index (κ2) is 8.17. The van der Waals surface area contributed by atoms with Crippen molar-refractivity contribution in [3.63, 3.8) is 0 Å². The molecule has 0 aliphatic heterocycles. The summed E-state index contributed by atoms with van der Waals surface area (Å²) >= 11 is 12.4. The normalized spacial score (nSPS) is 10.8. The van der Waals surface area contributed by atoms with Crippen molar-refractivity contribution in [3.8, 4) is 11.8 Å². The zero-order valence-corrected chi connectivity index (χ0v) is 16.0. The van der Waals surface area contributed by atoms with Crippen LogP contribution in [0.15, 0.2) is 42.6 Å². The minimum atomic E-state index is -1.04. The van der Waals surface area contributed by atoms with Crippen LogP contribution in [0, 0.1) is 11.3 Å². The molecule has 3 aromatic rings. The average molecular weight is 414 g/mol. The predicted molar refractivity (Wildman–Crippen MR) is 109 cm³/mol. The summed E-state index contributed by atoms with van der Waals surface area (Å²) in [5, 5.41) is 22.8. The summed E-state index contributed by atoms with van der Waals surface area (Å²) in [4.78, 5) is 15.0. The van der Waals surface area contributed by atoms with Crippen LogP contribution in [0.2, 0.25) is 10.0 Å². The molecule has 140 valence electrons. The number of rotatable bonds is 5. The van der Waals surface area contributed by atoms with Crippen LogP contribution < -0.4 is 10.1 Å². The zero-order chi connectivity index (χ0) is 20.3. The molecule has 28 heavy (non-hydrogen) atoms. The second-order valence-corrected chi connectivity index (χ2v) is 6.51. The van der Waals surface area contributed by atoms with E-state index < -0.39 is 5.97 Å². The van der Waals surface area contributed by atoms with Gasteiger partial charge in [-0.1, -0.05) is 35.3 Å². The maximum Gasteiger partial charge on any atom is 0.328 e. The fraction of sp³-hybridized carbons (Fsp3) is 0.0500. The number of carboxylic acids is 1. The number of hydrogen-bond donors (Lipinski definition) is 2. The molecule has 0 aliphatic carbocycles. The van der Waals surface area contributed by atoms with Crippen LogP contribution in [0.1, 0.15) is 11.1 Å². The Morgan fingerprint density at radius 2 is 2.07 bits per heavy atom. The highest BCUT2D eigenvalue weighted by molar-refractivity contribution is 6.37. The number of halogens is 2. The van der Waals surface area contributed by atoms with E-state index in [0.717, 1.165) is 6.08 Å². The number of benzene rings is 2. The zero-order valence-electron chi connectivity index (χ0n) is 14.5. The molecule has 0 unspecified atom stereocenters. The van der Waals surface area contributed by atoms with Gasteiger partial charge in [0.25, 0.3) is 0 Å². The van der Waals surface area contributed by atoms with Gasteiger partial charge in [-0.3, -0.25) is 4.98 Å². The van der Waals surface area contributed by atoms with Crippen molar-refractivity contribution in [1.82, 2.24) is 4.98 Å². The van der Waals surface area contributed by atoms with Crippen molar-refractivity contribution >= 4 is 57.5 Å². The van der Waals surface area contributed by atoms with Crippen LogP contribution in [-0.2, 0) is 4.79 Å². The maximum atomic E-state index is 10.7. The van der Waals surface area contributed by atoms with E-state index in [2.05, 4.69) is 16.4 Å². The van der Waals surface area contributed by atoms with Crippen LogP contribution in [0.3, 0.4) is 0 Å². The smallest absolute Gasteiger partial charge is 0.328 e. The summed E-state index contributed by atoms with van der Waals surface area (Å²) in [6.07, 6.45) is 3.95. The molecule has 8 heteroatoms. The molecule has 1 heterocycles. The van der Waals surface area contributed by atoms with E-state index in [9.17, 15) is 10.1 Å². The van der Waals surface area contributed by atoms with Gasteiger partial charge >= 0.3 is 5.97 Å². The summed E-state index contributed by atoms with van der Waals surface area (Å²) in [6, 6.07) is 10.5. The first kappa shape index (κ1) is 19.5. The molecule has 2 N–H and O–H groups in total. The summed E-state index contributed by atoms with van der Waals surface area (Å²) in [5.74, 6) is -0.604. The molecule has 1 aromatic heterocycles. The fourth-order valence-electron chi connectivity index (χ4n) is 2.62. The Morgan fingerprint density at radius 1 is 1.29 bits per heavy atom.